The molecule has 0 aliphatic heterocycles. The first-order valence-corrected chi connectivity index (χ1v) is 15.4. The summed E-state index contributed by atoms with van der Waals surface area (Å²) < 4.78 is 13.0. The number of aryl methyl sites for hydroxylation is 2. The summed E-state index contributed by atoms with van der Waals surface area (Å²) in [7, 11) is 0. The normalized spacial score (nSPS) is 12.7. The van der Waals surface area contributed by atoms with Gasteiger partial charge in [-0.25, -0.2) is 0 Å². The first kappa shape index (κ1) is 26.1. The molecular formula is C41H36O2. The summed E-state index contributed by atoms with van der Waals surface area (Å²) in [5.74, 6) is 0.471. The van der Waals surface area contributed by atoms with E-state index in [2.05, 4.69) is 133 Å². The maximum atomic E-state index is 6.52. The predicted molar refractivity (Wildman–Crippen MR) is 183 cm³/mol. The molecule has 0 unspecified atom stereocenters. The Bertz CT molecular complexity index is 2390. The molecule has 0 saturated heterocycles. The van der Waals surface area contributed by atoms with Crippen molar-refractivity contribution in [3.05, 3.63) is 119 Å². The molecule has 43 heavy (non-hydrogen) atoms. The maximum Gasteiger partial charge on any atom is 0.138 e. The molecule has 0 aliphatic carbocycles. The fraction of sp³-hybridized carbons (Fsp3) is 0.220. The third kappa shape index (κ3) is 3.93. The van der Waals surface area contributed by atoms with Gasteiger partial charge in [0.2, 0.25) is 0 Å². The van der Waals surface area contributed by atoms with Gasteiger partial charge in [0, 0.05) is 21.5 Å². The minimum Gasteiger partial charge on any atom is -0.456 e. The van der Waals surface area contributed by atoms with Crippen molar-refractivity contribution in [3.63, 3.8) is 0 Å². The summed E-state index contributed by atoms with van der Waals surface area (Å²) in [6, 6.07) is 33.4. The lowest BCUT2D eigenvalue weighted by atomic mass is 9.76. The van der Waals surface area contributed by atoms with E-state index >= 15 is 0 Å². The number of furan rings is 2. The average molecular weight is 561 g/mol. The fourth-order valence-electron chi connectivity index (χ4n) is 7.60. The molecule has 212 valence electrons. The summed E-state index contributed by atoms with van der Waals surface area (Å²) in [5.41, 5.74) is 10.3. The molecule has 0 saturated carbocycles. The van der Waals surface area contributed by atoms with E-state index in [0.29, 0.717) is 5.92 Å². The van der Waals surface area contributed by atoms with Crippen molar-refractivity contribution in [1.82, 2.24) is 0 Å². The highest BCUT2D eigenvalue weighted by Crippen LogP contribution is 2.41. The second-order valence-corrected chi connectivity index (χ2v) is 13.4. The molecule has 6 aromatic carbocycles. The highest BCUT2D eigenvalue weighted by Gasteiger charge is 2.26. The Labute approximate surface area is 251 Å². The lowest BCUT2D eigenvalue weighted by molar-refractivity contribution is 0.518. The summed E-state index contributed by atoms with van der Waals surface area (Å²) in [6.45, 7) is 13.6. The van der Waals surface area contributed by atoms with Crippen LogP contribution in [0.2, 0.25) is 0 Å². The van der Waals surface area contributed by atoms with Crippen LogP contribution in [0.5, 0.6) is 0 Å². The molecule has 0 bridgehead atoms. The van der Waals surface area contributed by atoms with E-state index in [4.69, 9.17) is 8.83 Å². The number of benzene rings is 6. The third-order valence-corrected chi connectivity index (χ3v) is 9.73. The van der Waals surface area contributed by atoms with Crippen LogP contribution in [-0.2, 0) is 11.8 Å². The molecule has 0 spiro atoms. The lowest BCUT2D eigenvalue weighted by Gasteiger charge is -2.27. The zero-order chi connectivity index (χ0) is 29.6. The standard InChI is InChI=1S/C41H36O2/c1-23(2)30-14-15-32-34-20-28-12-11-26(19-29(28)21-37(34)43-39(32)24(30)3)22-41(5,6)35-17-16-33-38-31-10-8-7-9-27(31)13-18-36(38)42-40(33)25(35)4/h7-21,23H,22H2,1-6H3. The molecule has 8 rings (SSSR count). The van der Waals surface area contributed by atoms with E-state index in [9.17, 15) is 0 Å². The lowest BCUT2D eigenvalue weighted by Crippen LogP contribution is -2.21. The Morgan fingerprint density at radius 3 is 2.19 bits per heavy atom. The monoisotopic (exact) mass is 560 g/mol. The third-order valence-electron chi connectivity index (χ3n) is 9.73. The fourth-order valence-corrected chi connectivity index (χ4v) is 7.60. The van der Waals surface area contributed by atoms with Crippen LogP contribution in [0.15, 0.2) is 99.8 Å². The number of fused-ring (bicyclic) bond motifs is 9. The quantitative estimate of drug-likeness (QED) is 0.214. The van der Waals surface area contributed by atoms with Crippen LogP contribution >= 0.6 is 0 Å². The van der Waals surface area contributed by atoms with Gasteiger partial charge in [0.05, 0.1) is 0 Å². The minimum absolute atomic E-state index is 0.0825. The van der Waals surface area contributed by atoms with Gasteiger partial charge in [0.15, 0.2) is 0 Å². The summed E-state index contributed by atoms with van der Waals surface area (Å²) in [5, 5.41) is 9.75. The summed E-state index contributed by atoms with van der Waals surface area (Å²) in [4.78, 5) is 0. The van der Waals surface area contributed by atoms with E-state index in [1.165, 1.54) is 70.9 Å². The van der Waals surface area contributed by atoms with Crippen LogP contribution in [0.1, 0.15) is 61.4 Å². The first-order valence-electron chi connectivity index (χ1n) is 15.4. The van der Waals surface area contributed by atoms with Crippen LogP contribution in [-0.4, -0.2) is 0 Å². The Balaban J connectivity index is 1.19. The minimum atomic E-state index is -0.0825. The number of hydrogen-bond acceptors (Lipinski definition) is 2. The van der Waals surface area contributed by atoms with Crippen molar-refractivity contribution in [3.8, 4) is 0 Å². The van der Waals surface area contributed by atoms with Crippen LogP contribution in [0, 0.1) is 13.8 Å². The van der Waals surface area contributed by atoms with Crippen molar-refractivity contribution >= 4 is 65.4 Å². The molecule has 0 aliphatic rings. The van der Waals surface area contributed by atoms with Crippen molar-refractivity contribution in [2.45, 2.75) is 59.3 Å². The zero-order valence-corrected chi connectivity index (χ0v) is 25.8. The zero-order valence-electron chi connectivity index (χ0n) is 25.8. The molecule has 0 radical (unpaired) electrons. The summed E-state index contributed by atoms with van der Waals surface area (Å²) in [6.07, 6.45) is 0.924. The first-order chi connectivity index (χ1) is 20.7. The van der Waals surface area contributed by atoms with Gasteiger partial charge in [0.1, 0.15) is 22.3 Å². The second kappa shape index (κ2) is 9.22. The Morgan fingerprint density at radius 2 is 1.35 bits per heavy atom. The van der Waals surface area contributed by atoms with Gasteiger partial charge in [-0.1, -0.05) is 100 Å². The van der Waals surface area contributed by atoms with Gasteiger partial charge in [-0.3, -0.25) is 0 Å². The SMILES string of the molecule is Cc1c(C(C)C)ccc2c1oc1cc3cc(CC(C)(C)c4ccc5c(oc6ccc7ccccc7c65)c4C)ccc3cc12. The highest BCUT2D eigenvalue weighted by atomic mass is 16.3. The van der Waals surface area contributed by atoms with E-state index in [1.54, 1.807) is 0 Å². The molecular weight excluding hydrogens is 524 g/mol. The van der Waals surface area contributed by atoms with Gasteiger partial charge in [0.25, 0.3) is 0 Å². The number of rotatable bonds is 4. The predicted octanol–water partition coefficient (Wildman–Crippen LogP) is 12.1. The molecule has 0 fully saturated rings. The Hall–Kier alpha value is -4.56. The van der Waals surface area contributed by atoms with Gasteiger partial charge >= 0.3 is 0 Å². The van der Waals surface area contributed by atoms with Crippen molar-refractivity contribution in [2.24, 2.45) is 0 Å². The van der Waals surface area contributed by atoms with Crippen LogP contribution in [0.25, 0.3) is 65.4 Å². The van der Waals surface area contributed by atoms with Crippen molar-refractivity contribution in [2.75, 3.05) is 0 Å². The largest absolute Gasteiger partial charge is 0.456 e. The van der Waals surface area contributed by atoms with Gasteiger partial charge in [-0.2, -0.15) is 0 Å². The van der Waals surface area contributed by atoms with Gasteiger partial charge in [-0.05, 0) is 99.2 Å². The molecule has 0 atom stereocenters. The van der Waals surface area contributed by atoms with E-state index in [0.717, 1.165) is 28.8 Å². The smallest absolute Gasteiger partial charge is 0.138 e. The maximum absolute atomic E-state index is 6.52. The Kier molecular flexibility index (Phi) is 5.59. The molecule has 8 aromatic rings. The van der Waals surface area contributed by atoms with Crippen molar-refractivity contribution in [1.29, 1.82) is 0 Å². The molecule has 2 aromatic heterocycles. The van der Waals surface area contributed by atoms with E-state index in [1.807, 2.05) is 0 Å². The van der Waals surface area contributed by atoms with Crippen molar-refractivity contribution < 1.29 is 8.83 Å². The molecule has 2 heterocycles. The Morgan fingerprint density at radius 1 is 0.605 bits per heavy atom. The van der Waals surface area contributed by atoms with Gasteiger partial charge in [-0.15, -0.1) is 0 Å². The number of hydrogen-bond donors (Lipinski definition) is 0. The van der Waals surface area contributed by atoms with Gasteiger partial charge < -0.3 is 8.83 Å². The topological polar surface area (TPSA) is 26.3 Å². The van der Waals surface area contributed by atoms with E-state index in [-0.39, 0.29) is 5.41 Å². The van der Waals surface area contributed by atoms with Crippen LogP contribution in [0.3, 0.4) is 0 Å². The summed E-state index contributed by atoms with van der Waals surface area (Å²) >= 11 is 0. The van der Waals surface area contributed by atoms with Crippen LogP contribution in [0.4, 0.5) is 0 Å². The molecule has 0 N–H and O–H groups in total. The van der Waals surface area contributed by atoms with Crippen LogP contribution < -0.4 is 0 Å². The van der Waals surface area contributed by atoms with E-state index < -0.39 is 0 Å². The molecule has 2 heteroatoms. The molecule has 2 nitrogen and oxygen atoms in total. The highest BCUT2D eigenvalue weighted by molar-refractivity contribution is 6.19. The average Bonchev–Trinajstić information content (AvgIpc) is 3.55. The molecule has 0 amide bonds. The second-order valence-electron chi connectivity index (χ2n) is 13.4.